The van der Waals surface area contributed by atoms with Crippen molar-refractivity contribution in [3.05, 3.63) is 64.4 Å². The first-order valence-corrected chi connectivity index (χ1v) is 7.51. The van der Waals surface area contributed by atoms with Crippen LogP contribution in [0.3, 0.4) is 0 Å². The zero-order valence-electron chi connectivity index (χ0n) is 12.6. The molecule has 25 heavy (non-hydrogen) atoms. The standard InChI is InChI=1S/C17H11ClFN3O3/c18-9-5-6-13-11(7-9)15(10-3-1-2-4-12(10)19)20-8-14(21-13)16(22-25)17(23)24/h1-7,25H,8H2,(H,23,24). The molecule has 0 fully saturated rings. The molecule has 6 nitrogen and oxygen atoms in total. The molecule has 1 aliphatic heterocycles. The molecule has 0 radical (unpaired) electrons. The van der Waals surface area contributed by atoms with Crippen molar-refractivity contribution in [3.8, 4) is 0 Å². The number of benzene rings is 2. The van der Waals surface area contributed by atoms with E-state index in [1.165, 1.54) is 6.07 Å². The number of carboxylic acid groups (broad SMARTS) is 1. The van der Waals surface area contributed by atoms with Gasteiger partial charge in [0.2, 0.25) is 5.71 Å². The largest absolute Gasteiger partial charge is 0.476 e. The fraction of sp³-hybridized carbons (Fsp3) is 0.0588. The molecular formula is C17H11ClFN3O3. The molecule has 2 aromatic rings. The van der Waals surface area contributed by atoms with Gasteiger partial charge < -0.3 is 10.3 Å². The van der Waals surface area contributed by atoms with E-state index in [9.17, 15) is 9.18 Å². The number of halogens is 2. The second kappa shape index (κ2) is 6.82. The van der Waals surface area contributed by atoms with Crippen molar-refractivity contribution in [1.29, 1.82) is 0 Å². The predicted molar refractivity (Wildman–Crippen MR) is 92.3 cm³/mol. The van der Waals surface area contributed by atoms with E-state index < -0.39 is 17.5 Å². The van der Waals surface area contributed by atoms with Gasteiger partial charge in [-0.25, -0.2) is 14.2 Å². The van der Waals surface area contributed by atoms with Gasteiger partial charge in [0.1, 0.15) is 5.82 Å². The third kappa shape index (κ3) is 3.27. The van der Waals surface area contributed by atoms with Gasteiger partial charge in [0.25, 0.3) is 0 Å². The van der Waals surface area contributed by atoms with E-state index in [2.05, 4.69) is 15.1 Å². The molecule has 2 aromatic carbocycles. The second-order valence-electron chi connectivity index (χ2n) is 5.12. The fourth-order valence-corrected chi connectivity index (χ4v) is 2.62. The Bertz CT molecular complexity index is 954. The smallest absolute Gasteiger partial charge is 0.359 e. The van der Waals surface area contributed by atoms with Crippen molar-refractivity contribution in [1.82, 2.24) is 0 Å². The highest BCUT2D eigenvalue weighted by Crippen LogP contribution is 2.29. The molecule has 0 aromatic heterocycles. The van der Waals surface area contributed by atoms with Crippen molar-refractivity contribution < 1.29 is 19.5 Å². The average Bonchev–Trinajstić information content (AvgIpc) is 2.75. The molecule has 1 heterocycles. The fourth-order valence-electron chi connectivity index (χ4n) is 2.45. The zero-order valence-corrected chi connectivity index (χ0v) is 13.4. The number of oxime groups is 1. The van der Waals surface area contributed by atoms with Crippen LogP contribution >= 0.6 is 11.6 Å². The first kappa shape index (κ1) is 16.8. The van der Waals surface area contributed by atoms with Crippen LogP contribution in [0.5, 0.6) is 0 Å². The van der Waals surface area contributed by atoms with Crippen LogP contribution in [0.25, 0.3) is 0 Å². The Morgan fingerprint density at radius 3 is 2.64 bits per heavy atom. The molecule has 0 amide bonds. The molecule has 0 saturated heterocycles. The maximum atomic E-state index is 14.2. The average molecular weight is 360 g/mol. The number of carboxylic acids is 1. The van der Waals surface area contributed by atoms with Crippen LogP contribution in [-0.4, -0.2) is 40.0 Å². The molecule has 0 bridgehead atoms. The first-order chi connectivity index (χ1) is 12.0. The van der Waals surface area contributed by atoms with E-state index in [0.29, 0.717) is 16.3 Å². The lowest BCUT2D eigenvalue weighted by atomic mass is 10.0. The van der Waals surface area contributed by atoms with E-state index in [1.54, 1.807) is 36.4 Å². The number of carbonyl (C=O) groups is 1. The van der Waals surface area contributed by atoms with Gasteiger partial charge in [-0.3, -0.25) is 4.99 Å². The van der Waals surface area contributed by atoms with Gasteiger partial charge in [0.05, 0.1) is 23.7 Å². The van der Waals surface area contributed by atoms with Crippen LogP contribution in [0.1, 0.15) is 11.1 Å². The van der Waals surface area contributed by atoms with Crippen molar-refractivity contribution in [2.24, 2.45) is 15.1 Å². The number of hydrogen-bond acceptors (Lipinski definition) is 5. The van der Waals surface area contributed by atoms with Crippen LogP contribution in [0, 0.1) is 5.82 Å². The van der Waals surface area contributed by atoms with Gasteiger partial charge in [0.15, 0.2) is 0 Å². The van der Waals surface area contributed by atoms with Gasteiger partial charge in [-0.2, -0.15) is 0 Å². The van der Waals surface area contributed by atoms with Crippen molar-refractivity contribution in [3.63, 3.8) is 0 Å². The molecular weight excluding hydrogens is 349 g/mol. The normalized spacial score (nSPS) is 14.2. The highest BCUT2D eigenvalue weighted by molar-refractivity contribution is 6.66. The first-order valence-electron chi connectivity index (χ1n) is 7.14. The summed E-state index contributed by atoms with van der Waals surface area (Å²) in [6.45, 7) is -0.193. The second-order valence-corrected chi connectivity index (χ2v) is 5.55. The summed E-state index contributed by atoms with van der Waals surface area (Å²) in [5, 5.41) is 21.3. The van der Waals surface area contributed by atoms with E-state index in [4.69, 9.17) is 21.9 Å². The topological polar surface area (TPSA) is 94.6 Å². The maximum absolute atomic E-state index is 14.2. The molecule has 3 rings (SSSR count). The Labute approximate surface area is 146 Å². The minimum absolute atomic E-state index is 0.0510. The maximum Gasteiger partial charge on any atom is 0.359 e. The lowest BCUT2D eigenvalue weighted by molar-refractivity contribution is -0.129. The SMILES string of the molecule is O=C(O)C(=NO)C1=Nc2ccc(Cl)cc2C(c2ccccc2F)=NC1. The Hall–Kier alpha value is -3.06. The summed E-state index contributed by atoms with van der Waals surface area (Å²) in [5.41, 5.74) is 0.651. The molecule has 0 atom stereocenters. The van der Waals surface area contributed by atoms with Crippen LogP contribution < -0.4 is 0 Å². The molecule has 2 N–H and O–H groups in total. The van der Waals surface area contributed by atoms with Crippen LogP contribution in [0.4, 0.5) is 10.1 Å². The summed E-state index contributed by atoms with van der Waals surface area (Å²) in [6, 6.07) is 10.8. The Kier molecular flexibility index (Phi) is 4.58. The summed E-state index contributed by atoms with van der Waals surface area (Å²) in [7, 11) is 0. The quantitative estimate of drug-likeness (QED) is 0.500. The summed E-state index contributed by atoms with van der Waals surface area (Å²) in [4.78, 5) is 19.7. The van der Waals surface area contributed by atoms with Gasteiger partial charge >= 0.3 is 5.97 Å². The molecule has 8 heteroatoms. The number of aliphatic imine (C=N–C) groups is 2. The molecule has 0 unspecified atom stereocenters. The summed E-state index contributed by atoms with van der Waals surface area (Å²) < 4.78 is 14.2. The van der Waals surface area contributed by atoms with Gasteiger partial charge in [0, 0.05) is 16.1 Å². The molecule has 126 valence electrons. The minimum Gasteiger partial charge on any atom is -0.476 e. The highest BCUT2D eigenvalue weighted by Gasteiger charge is 2.24. The lowest BCUT2D eigenvalue weighted by Crippen LogP contribution is -2.26. The van der Waals surface area contributed by atoms with E-state index >= 15 is 0 Å². The summed E-state index contributed by atoms with van der Waals surface area (Å²) in [5.74, 6) is -1.92. The van der Waals surface area contributed by atoms with Crippen LogP contribution in [0.2, 0.25) is 5.02 Å². The third-order valence-electron chi connectivity index (χ3n) is 3.56. The number of hydrogen-bond donors (Lipinski definition) is 2. The Morgan fingerprint density at radius 2 is 1.96 bits per heavy atom. The van der Waals surface area contributed by atoms with Gasteiger partial charge in [-0.05, 0) is 30.3 Å². The lowest BCUT2D eigenvalue weighted by Gasteiger charge is -2.09. The van der Waals surface area contributed by atoms with Gasteiger partial charge in [-0.1, -0.05) is 28.9 Å². The van der Waals surface area contributed by atoms with Crippen molar-refractivity contribution >= 4 is 40.4 Å². The Balaban J connectivity index is 2.22. The van der Waals surface area contributed by atoms with E-state index in [1.807, 2.05) is 0 Å². The van der Waals surface area contributed by atoms with E-state index in [-0.39, 0.29) is 23.5 Å². The summed E-state index contributed by atoms with van der Waals surface area (Å²) in [6.07, 6.45) is 0. The Morgan fingerprint density at radius 1 is 1.20 bits per heavy atom. The summed E-state index contributed by atoms with van der Waals surface area (Å²) >= 11 is 6.04. The monoisotopic (exact) mass is 359 g/mol. The zero-order chi connectivity index (χ0) is 18.0. The predicted octanol–water partition coefficient (Wildman–Crippen LogP) is 3.32. The molecule has 1 aliphatic rings. The highest BCUT2D eigenvalue weighted by atomic mass is 35.5. The number of rotatable bonds is 3. The molecule has 0 spiro atoms. The molecule has 0 saturated carbocycles. The van der Waals surface area contributed by atoms with Crippen LogP contribution in [0.15, 0.2) is 57.6 Å². The molecule has 0 aliphatic carbocycles. The van der Waals surface area contributed by atoms with Crippen LogP contribution in [-0.2, 0) is 4.79 Å². The third-order valence-corrected chi connectivity index (χ3v) is 3.80. The van der Waals surface area contributed by atoms with Gasteiger partial charge in [-0.15, -0.1) is 0 Å². The van der Waals surface area contributed by atoms with Crippen molar-refractivity contribution in [2.75, 3.05) is 6.54 Å². The van der Waals surface area contributed by atoms with E-state index in [0.717, 1.165) is 0 Å². The number of fused-ring (bicyclic) bond motifs is 1. The minimum atomic E-state index is -1.44. The number of nitrogens with zero attached hydrogens (tertiary/aromatic N) is 3. The van der Waals surface area contributed by atoms with Crippen molar-refractivity contribution in [2.45, 2.75) is 0 Å². The number of aliphatic carboxylic acids is 1.